The predicted octanol–water partition coefficient (Wildman–Crippen LogP) is 4.98. The van der Waals surface area contributed by atoms with E-state index in [0.717, 1.165) is 56.4 Å². The van der Waals surface area contributed by atoms with Crippen molar-refractivity contribution in [3.05, 3.63) is 47.7 Å². The van der Waals surface area contributed by atoms with Crippen LogP contribution in [0.25, 0.3) is 11.1 Å². The molecule has 4 aliphatic rings. The molecule has 1 N–H and O–H groups in total. The van der Waals surface area contributed by atoms with Gasteiger partial charge in [0.1, 0.15) is 6.10 Å². The van der Waals surface area contributed by atoms with Crippen molar-refractivity contribution in [2.75, 3.05) is 26.2 Å². The van der Waals surface area contributed by atoms with Crippen LogP contribution >= 0.6 is 0 Å². The van der Waals surface area contributed by atoms with Crippen LogP contribution < -0.4 is 10.1 Å². The number of carbonyl (C=O) groups excluding carboxylic acids is 1. The maximum absolute atomic E-state index is 12.9. The van der Waals surface area contributed by atoms with Crippen LogP contribution in [0.15, 0.2) is 36.5 Å². The van der Waals surface area contributed by atoms with Crippen molar-refractivity contribution in [2.24, 2.45) is 11.3 Å². The summed E-state index contributed by atoms with van der Waals surface area (Å²) in [6.07, 6.45) is 5.76. The van der Waals surface area contributed by atoms with Crippen LogP contribution in [-0.4, -0.2) is 48.3 Å². The Morgan fingerprint density at radius 2 is 1.97 bits per heavy atom. The normalized spacial score (nSPS) is 27.1. The van der Waals surface area contributed by atoms with Crippen molar-refractivity contribution >= 4 is 6.09 Å². The number of carbonyl (C=O) groups is 1. The molecule has 6 rings (SSSR count). The van der Waals surface area contributed by atoms with E-state index in [2.05, 4.69) is 60.2 Å². The van der Waals surface area contributed by atoms with Crippen LogP contribution in [0.2, 0.25) is 0 Å². The SMILES string of the molecule is CCCOc1ccc(-c2ccc3c(c2)CC(C)(C)C3NC(=O)O[C@@H]2CN3CCC2CC3)cn1. The molecule has 2 aromatic rings. The standard InChI is InChI=1S/C27H35N3O3/c1-4-13-32-24-8-6-20(16-28-24)19-5-7-22-21(14-19)15-27(2,3)25(22)29-26(31)33-23-17-30-11-9-18(23)10-12-30/h5-8,14,16,18,23,25H,4,9-13,15,17H2,1-3H3,(H,29,31)/t23-,25?/m1/s1. The summed E-state index contributed by atoms with van der Waals surface area (Å²) in [6, 6.07) is 10.4. The molecule has 3 fully saturated rings. The maximum atomic E-state index is 12.9. The molecule has 1 unspecified atom stereocenters. The van der Waals surface area contributed by atoms with Crippen LogP contribution in [0.3, 0.4) is 0 Å². The van der Waals surface area contributed by atoms with Gasteiger partial charge in [-0.1, -0.05) is 39.0 Å². The second kappa shape index (κ2) is 8.98. The van der Waals surface area contributed by atoms with Gasteiger partial charge in [0, 0.05) is 24.4 Å². The second-order valence-corrected chi connectivity index (χ2v) is 10.5. The molecule has 6 nitrogen and oxygen atoms in total. The molecule has 33 heavy (non-hydrogen) atoms. The molecule has 3 aliphatic heterocycles. The van der Waals surface area contributed by atoms with E-state index in [-0.39, 0.29) is 23.7 Å². The maximum Gasteiger partial charge on any atom is 0.407 e. The summed E-state index contributed by atoms with van der Waals surface area (Å²) in [7, 11) is 0. The van der Waals surface area contributed by atoms with Crippen molar-refractivity contribution < 1.29 is 14.3 Å². The topological polar surface area (TPSA) is 63.7 Å². The summed E-state index contributed by atoms with van der Waals surface area (Å²) in [5, 5.41) is 3.21. The average Bonchev–Trinajstić information content (AvgIpc) is 3.07. The van der Waals surface area contributed by atoms with E-state index in [0.29, 0.717) is 18.4 Å². The summed E-state index contributed by atoms with van der Waals surface area (Å²) < 4.78 is 11.5. The van der Waals surface area contributed by atoms with Crippen molar-refractivity contribution in [3.63, 3.8) is 0 Å². The first-order valence-corrected chi connectivity index (χ1v) is 12.3. The quantitative estimate of drug-likeness (QED) is 0.674. The lowest BCUT2D eigenvalue weighted by atomic mass is 9.85. The third kappa shape index (κ3) is 4.58. The number of amides is 1. The zero-order valence-corrected chi connectivity index (χ0v) is 20.0. The Kier molecular flexibility index (Phi) is 6.04. The van der Waals surface area contributed by atoms with E-state index in [1.54, 1.807) is 0 Å². The van der Waals surface area contributed by atoms with Crippen LogP contribution in [-0.2, 0) is 11.2 Å². The fourth-order valence-corrected chi connectivity index (χ4v) is 5.68. The summed E-state index contributed by atoms with van der Waals surface area (Å²) in [5.41, 5.74) is 4.58. The number of aromatic nitrogens is 1. The Morgan fingerprint density at radius 3 is 2.64 bits per heavy atom. The predicted molar refractivity (Wildman–Crippen MR) is 128 cm³/mol. The van der Waals surface area contributed by atoms with E-state index >= 15 is 0 Å². The number of ether oxygens (including phenoxy) is 2. The van der Waals surface area contributed by atoms with Crippen LogP contribution in [0.4, 0.5) is 4.79 Å². The molecule has 6 heteroatoms. The molecule has 0 radical (unpaired) electrons. The van der Waals surface area contributed by atoms with Gasteiger partial charge in [0.05, 0.1) is 12.6 Å². The van der Waals surface area contributed by atoms with Gasteiger partial charge < -0.3 is 14.8 Å². The van der Waals surface area contributed by atoms with Gasteiger partial charge in [0.15, 0.2) is 0 Å². The number of benzene rings is 1. The van der Waals surface area contributed by atoms with Gasteiger partial charge in [-0.25, -0.2) is 9.78 Å². The Labute approximate surface area is 196 Å². The average molecular weight is 450 g/mol. The zero-order valence-electron chi connectivity index (χ0n) is 20.0. The molecule has 4 heterocycles. The van der Waals surface area contributed by atoms with Gasteiger partial charge in [0.25, 0.3) is 0 Å². The largest absolute Gasteiger partial charge is 0.478 e. The van der Waals surface area contributed by atoms with E-state index in [9.17, 15) is 4.79 Å². The molecule has 2 atom stereocenters. The Bertz CT molecular complexity index is 996. The van der Waals surface area contributed by atoms with Crippen molar-refractivity contribution in [1.29, 1.82) is 0 Å². The van der Waals surface area contributed by atoms with Crippen molar-refractivity contribution in [3.8, 4) is 17.0 Å². The molecule has 3 saturated heterocycles. The molecule has 0 saturated carbocycles. The van der Waals surface area contributed by atoms with E-state index in [1.165, 1.54) is 11.1 Å². The van der Waals surface area contributed by atoms with Gasteiger partial charge >= 0.3 is 6.09 Å². The molecular weight excluding hydrogens is 414 g/mol. The lowest BCUT2D eigenvalue weighted by Crippen LogP contribution is -2.53. The van der Waals surface area contributed by atoms with Gasteiger partial charge in [-0.15, -0.1) is 0 Å². The lowest BCUT2D eigenvalue weighted by molar-refractivity contribution is -0.0348. The number of nitrogens with zero attached hydrogens (tertiary/aromatic N) is 2. The van der Waals surface area contributed by atoms with E-state index < -0.39 is 0 Å². The highest BCUT2D eigenvalue weighted by molar-refractivity contribution is 5.70. The number of fused-ring (bicyclic) bond motifs is 4. The minimum absolute atomic E-state index is 0.0237. The van der Waals surface area contributed by atoms with Crippen LogP contribution in [0.1, 0.15) is 57.2 Å². The van der Waals surface area contributed by atoms with E-state index in [1.807, 2.05) is 12.3 Å². The Balaban J connectivity index is 1.28. The third-order valence-corrected chi connectivity index (χ3v) is 7.52. The molecule has 1 aromatic heterocycles. The van der Waals surface area contributed by atoms with E-state index in [4.69, 9.17) is 9.47 Å². The number of pyridine rings is 1. The zero-order chi connectivity index (χ0) is 23.0. The smallest absolute Gasteiger partial charge is 0.407 e. The number of piperidine rings is 3. The van der Waals surface area contributed by atoms with Gasteiger partial charge in [-0.05, 0) is 72.9 Å². The number of hydrogen-bond acceptors (Lipinski definition) is 5. The lowest BCUT2D eigenvalue weighted by Gasteiger charge is -2.44. The number of rotatable bonds is 6. The van der Waals surface area contributed by atoms with Gasteiger partial charge in [0.2, 0.25) is 5.88 Å². The first-order valence-electron chi connectivity index (χ1n) is 12.3. The first-order chi connectivity index (χ1) is 15.9. The van der Waals surface area contributed by atoms with Crippen molar-refractivity contribution in [2.45, 2.75) is 58.6 Å². The Morgan fingerprint density at radius 1 is 1.18 bits per heavy atom. The number of hydrogen-bond donors (Lipinski definition) is 1. The molecule has 2 bridgehead atoms. The Hall–Kier alpha value is -2.60. The van der Waals surface area contributed by atoms with Crippen molar-refractivity contribution in [1.82, 2.24) is 15.2 Å². The van der Waals surface area contributed by atoms with Crippen LogP contribution in [0.5, 0.6) is 5.88 Å². The fraction of sp³-hybridized carbons (Fsp3) is 0.556. The highest BCUT2D eigenvalue weighted by atomic mass is 16.6. The summed E-state index contributed by atoms with van der Waals surface area (Å²) in [6.45, 7) is 10.4. The molecule has 1 aliphatic carbocycles. The first kappa shape index (κ1) is 22.2. The second-order valence-electron chi connectivity index (χ2n) is 10.5. The minimum atomic E-state index is -0.282. The molecule has 1 amide bonds. The van der Waals surface area contributed by atoms with Gasteiger partial charge in [-0.3, -0.25) is 4.90 Å². The molecular formula is C27H35N3O3. The minimum Gasteiger partial charge on any atom is -0.478 e. The highest BCUT2D eigenvalue weighted by Crippen LogP contribution is 2.46. The number of alkyl carbamates (subject to hydrolysis) is 1. The number of nitrogens with one attached hydrogen (secondary N) is 1. The third-order valence-electron chi connectivity index (χ3n) is 7.52. The molecule has 0 spiro atoms. The van der Waals surface area contributed by atoms with Gasteiger partial charge in [-0.2, -0.15) is 0 Å². The summed E-state index contributed by atoms with van der Waals surface area (Å²) >= 11 is 0. The van der Waals surface area contributed by atoms with Crippen LogP contribution in [0, 0.1) is 11.3 Å². The summed E-state index contributed by atoms with van der Waals surface area (Å²) in [4.78, 5) is 19.7. The summed E-state index contributed by atoms with van der Waals surface area (Å²) in [5.74, 6) is 1.17. The molecule has 1 aromatic carbocycles. The fourth-order valence-electron chi connectivity index (χ4n) is 5.68. The molecule has 176 valence electrons. The monoisotopic (exact) mass is 449 g/mol. The highest BCUT2D eigenvalue weighted by Gasteiger charge is 2.42.